The lowest BCUT2D eigenvalue weighted by Crippen LogP contribution is -2.08. The summed E-state index contributed by atoms with van der Waals surface area (Å²) in [5.41, 5.74) is 0.854. The number of ketones is 1. The number of hydrogen-bond acceptors (Lipinski definition) is 3. The maximum absolute atomic E-state index is 11.0. The van der Waals surface area contributed by atoms with Gasteiger partial charge < -0.3 is 4.74 Å². The average Bonchev–Trinajstić information content (AvgIpc) is 2.28. The topological polar surface area (TPSA) is 43.4 Å². The van der Waals surface area contributed by atoms with Gasteiger partial charge in [-0.25, -0.2) is 0 Å². The minimum absolute atomic E-state index is 0.117. The molecule has 0 bridgehead atoms. The van der Waals surface area contributed by atoms with E-state index in [1.807, 2.05) is 0 Å². The normalized spacial score (nSPS) is 10.6. The number of halogens is 2. The first-order valence-electron chi connectivity index (χ1n) is 5.25. The summed E-state index contributed by atoms with van der Waals surface area (Å²) in [7, 11) is 0. The molecule has 0 saturated carbocycles. The van der Waals surface area contributed by atoms with Crippen molar-refractivity contribution < 1.29 is 14.3 Å². The zero-order valence-corrected chi connectivity index (χ0v) is 11.3. The van der Waals surface area contributed by atoms with E-state index in [9.17, 15) is 9.59 Å². The van der Waals surface area contributed by atoms with Crippen LogP contribution in [0.2, 0.25) is 10.0 Å². The van der Waals surface area contributed by atoms with Gasteiger partial charge in [0.25, 0.3) is 0 Å². The Hall–Kier alpha value is -1.32. The molecule has 0 aliphatic carbocycles. The highest BCUT2D eigenvalue weighted by Crippen LogP contribution is 2.22. The molecule has 96 valence electrons. The van der Waals surface area contributed by atoms with Crippen molar-refractivity contribution in [3.8, 4) is 0 Å². The van der Waals surface area contributed by atoms with Crippen molar-refractivity contribution in [2.75, 3.05) is 6.61 Å². The van der Waals surface area contributed by atoms with Crippen LogP contribution in [0.4, 0.5) is 0 Å². The first-order chi connectivity index (χ1) is 8.49. The van der Waals surface area contributed by atoms with Gasteiger partial charge in [0.2, 0.25) is 0 Å². The summed E-state index contributed by atoms with van der Waals surface area (Å²) >= 11 is 11.6. The second-order valence-electron chi connectivity index (χ2n) is 3.64. The highest BCUT2D eigenvalue weighted by molar-refractivity contribution is 6.42. The number of ether oxygens (including phenoxy) is 1. The average molecular weight is 287 g/mol. The number of carbonyl (C=O) groups is 2. The second-order valence-corrected chi connectivity index (χ2v) is 4.45. The maximum Gasteiger partial charge on any atom is 0.313 e. The van der Waals surface area contributed by atoms with E-state index in [4.69, 9.17) is 27.9 Å². The Morgan fingerprint density at radius 3 is 2.61 bits per heavy atom. The van der Waals surface area contributed by atoms with Crippen LogP contribution < -0.4 is 0 Å². The van der Waals surface area contributed by atoms with Crippen LogP contribution in [-0.2, 0) is 14.3 Å². The lowest BCUT2D eigenvalue weighted by Gasteiger charge is -2.00. The van der Waals surface area contributed by atoms with Crippen molar-refractivity contribution in [3.05, 3.63) is 39.9 Å². The van der Waals surface area contributed by atoms with Gasteiger partial charge in [0.1, 0.15) is 18.8 Å². The smallest absolute Gasteiger partial charge is 0.313 e. The minimum Gasteiger partial charge on any atom is -0.461 e. The van der Waals surface area contributed by atoms with Gasteiger partial charge >= 0.3 is 5.97 Å². The van der Waals surface area contributed by atoms with Crippen LogP contribution >= 0.6 is 23.2 Å². The highest BCUT2D eigenvalue weighted by Gasteiger charge is 2.04. The Labute approximate surface area is 115 Å². The van der Waals surface area contributed by atoms with Crippen molar-refractivity contribution >= 4 is 41.0 Å². The summed E-state index contributed by atoms with van der Waals surface area (Å²) in [5, 5.41) is 0.953. The standard InChI is InChI=1S/C13H12Cl2O3/c1-9(16)7-13(17)18-6-2-3-10-4-5-11(14)12(15)8-10/h2-5,8H,6-7H2,1H3. The van der Waals surface area contributed by atoms with Crippen LogP contribution in [0.15, 0.2) is 24.3 Å². The molecule has 1 aromatic rings. The van der Waals surface area contributed by atoms with Crippen molar-refractivity contribution in [3.63, 3.8) is 0 Å². The van der Waals surface area contributed by atoms with Gasteiger partial charge in [0.15, 0.2) is 0 Å². The largest absolute Gasteiger partial charge is 0.461 e. The molecule has 0 spiro atoms. The number of Topliss-reactive ketones (excluding diaryl/α,β-unsaturated/α-hetero) is 1. The Morgan fingerprint density at radius 2 is 2.00 bits per heavy atom. The number of esters is 1. The van der Waals surface area contributed by atoms with Crippen LogP contribution in [0.3, 0.4) is 0 Å². The monoisotopic (exact) mass is 286 g/mol. The third-order valence-corrected chi connectivity index (χ3v) is 2.73. The first kappa shape index (κ1) is 14.7. The van der Waals surface area contributed by atoms with E-state index < -0.39 is 5.97 Å². The third-order valence-electron chi connectivity index (χ3n) is 1.99. The van der Waals surface area contributed by atoms with Crippen molar-refractivity contribution in [1.82, 2.24) is 0 Å². The van der Waals surface area contributed by atoms with Crippen LogP contribution in [0, 0.1) is 0 Å². The fourth-order valence-electron chi connectivity index (χ4n) is 1.20. The fourth-order valence-corrected chi connectivity index (χ4v) is 1.50. The Kier molecular flexibility index (Phi) is 5.89. The van der Waals surface area contributed by atoms with Gasteiger partial charge in [-0.2, -0.15) is 0 Å². The molecule has 3 nitrogen and oxygen atoms in total. The summed E-state index contributed by atoms with van der Waals surface area (Å²) in [6.45, 7) is 1.46. The number of carbonyl (C=O) groups excluding carboxylic acids is 2. The summed E-state index contributed by atoms with van der Waals surface area (Å²) in [6.07, 6.45) is 3.22. The molecular formula is C13H12Cl2O3. The van der Waals surface area contributed by atoms with Gasteiger partial charge in [0.05, 0.1) is 10.0 Å². The molecule has 0 amide bonds. The summed E-state index contributed by atoms with van der Waals surface area (Å²) < 4.78 is 4.82. The SMILES string of the molecule is CC(=O)CC(=O)OCC=Cc1ccc(Cl)c(Cl)c1. The number of rotatable bonds is 5. The Bertz CT molecular complexity index is 481. The summed E-state index contributed by atoms with van der Waals surface area (Å²) in [4.78, 5) is 21.7. The van der Waals surface area contributed by atoms with E-state index in [-0.39, 0.29) is 18.8 Å². The minimum atomic E-state index is -0.527. The molecule has 0 unspecified atom stereocenters. The van der Waals surface area contributed by atoms with Gasteiger partial charge in [-0.3, -0.25) is 9.59 Å². The Balaban J connectivity index is 2.43. The highest BCUT2D eigenvalue weighted by atomic mass is 35.5. The lowest BCUT2D eigenvalue weighted by atomic mass is 10.2. The molecule has 0 radical (unpaired) electrons. The van der Waals surface area contributed by atoms with Gasteiger partial charge in [-0.15, -0.1) is 0 Å². The molecule has 1 aromatic carbocycles. The quantitative estimate of drug-likeness (QED) is 0.614. The molecule has 1 rings (SSSR count). The molecule has 0 fully saturated rings. The third kappa shape index (κ3) is 5.34. The van der Waals surface area contributed by atoms with Gasteiger partial charge in [0, 0.05) is 0 Å². The molecule has 5 heteroatoms. The van der Waals surface area contributed by atoms with Crippen LogP contribution in [0.1, 0.15) is 18.9 Å². The predicted molar refractivity (Wildman–Crippen MR) is 71.8 cm³/mol. The van der Waals surface area contributed by atoms with E-state index in [1.54, 1.807) is 30.4 Å². The van der Waals surface area contributed by atoms with E-state index in [0.717, 1.165) is 5.56 Å². The molecule has 0 aliphatic rings. The van der Waals surface area contributed by atoms with Crippen molar-refractivity contribution in [2.45, 2.75) is 13.3 Å². The van der Waals surface area contributed by atoms with Gasteiger partial charge in [-0.05, 0) is 30.7 Å². The van der Waals surface area contributed by atoms with E-state index in [1.165, 1.54) is 6.92 Å². The Morgan fingerprint density at radius 1 is 1.28 bits per heavy atom. The van der Waals surface area contributed by atoms with Gasteiger partial charge in [-0.1, -0.05) is 35.3 Å². The molecule has 0 heterocycles. The zero-order valence-electron chi connectivity index (χ0n) is 9.78. The van der Waals surface area contributed by atoms with Crippen LogP contribution in [0.25, 0.3) is 6.08 Å². The predicted octanol–water partition coefficient (Wildman–Crippen LogP) is 3.53. The van der Waals surface area contributed by atoms with Crippen LogP contribution in [-0.4, -0.2) is 18.4 Å². The molecule has 18 heavy (non-hydrogen) atoms. The number of hydrogen-bond donors (Lipinski definition) is 0. The molecular weight excluding hydrogens is 275 g/mol. The molecule has 0 aromatic heterocycles. The van der Waals surface area contributed by atoms with Crippen molar-refractivity contribution in [2.24, 2.45) is 0 Å². The zero-order chi connectivity index (χ0) is 13.5. The molecule has 0 aliphatic heterocycles. The summed E-state index contributed by atoms with van der Waals surface area (Å²) in [5.74, 6) is -0.741. The maximum atomic E-state index is 11.0. The van der Waals surface area contributed by atoms with Crippen molar-refractivity contribution in [1.29, 1.82) is 0 Å². The lowest BCUT2D eigenvalue weighted by molar-refractivity contribution is -0.144. The van der Waals surface area contributed by atoms with Crippen LogP contribution in [0.5, 0.6) is 0 Å². The first-order valence-corrected chi connectivity index (χ1v) is 6.01. The molecule has 0 N–H and O–H groups in total. The van der Waals surface area contributed by atoms with E-state index >= 15 is 0 Å². The van der Waals surface area contributed by atoms with E-state index in [2.05, 4.69) is 0 Å². The van der Waals surface area contributed by atoms with E-state index in [0.29, 0.717) is 10.0 Å². The summed E-state index contributed by atoms with van der Waals surface area (Å²) in [6, 6.07) is 5.19. The second kappa shape index (κ2) is 7.19. The molecule has 0 saturated heterocycles. The number of benzene rings is 1. The fraction of sp³-hybridized carbons (Fsp3) is 0.231. The molecule has 0 atom stereocenters.